The van der Waals surface area contributed by atoms with E-state index in [1.165, 1.54) is 7.11 Å². The maximum Gasteiger partial charge on any atom is 0.349 e. The van der Waals surface area contributed by atoms with E-state index in [0.29, 0.717) is 17.8 Å². The average Bonchev–Trinajstić information content (AvgIpc) is 3.02. The fourth-order valence-corrected chi connectivity index (χ4v) is 6.02. The predicted octanol–water partition coefficient (Wildman–Crippen LogP) is 2.78. The highest BCUT2D eigenvalue weighted by molar-refractivity contribution is 7.90. The number of carbonyl (C=O) groups excluding carboxylic acids is 1. The van der Waals surface area contributed by atoms with Crippen LogP contribution in [-0.2, 0) is 14.8 Å². The lowest BCUT2D eigenvalue weighted by Crippen LogP contribution is -2.33. The van der Waals surface area contributed by atoms with E-state index in [4.69, 9.17) is 4.74 Å². The first-order chi connectivity index (χ1) is 12.0. The molecule has 2 aromatic rings. The zero-order valence-electron chi connectivity index (χ0n) is 14.5. The van der Waals surface area contributed by atoms with Crippen LogP contribution in [0.25, 0.3) is 10.1 Å². The first-order valence-electron chi connectivity index (χ1n) is 8.33. The van der Waals surface area contributed by atoms with Crippen LogP contribution in [0.2, 0.25) is 0 Å². The topological polar surface area (TPSA) is 84.5 Å². The first-order valence-corrected chi connectivity index (χ1v) is 10.6. The number of methoxy groups -OCH3 is 1. The largest absolute Gasteiger partial charge is 0.465 e. The first kappa shape index (κ1) is 21.1. The molecule has 1 fully saturated rings. The number of piperidine rings is 1. The van der Waals surface area contributed by atoms with Gasteiger partial charge < -0.3 is 10.1 Å². The van der Waals surface area contributed by atoms with Crippen molar-refractivity contribution in [2.24, 2.45) is 5.92 Å². The van der Waals surface area contributed by atoms with E-state index in [0.717, 1.165) is 48.4 Å². The van der Waals surface area contributed by atoms with Crippen LogP contribution in [0.4, 0.5) is 0 Å². The molecule has 0 spiro atoms. The third-order valence-corrected chi connectivity index (χ3v) is 7.26. The number of hydrogen-bond donors (Lipinski definition) is 2. The minimum Gasteiger partial charge on any atom is -0.465 e. The van der Waals surface area contributed by atoms with Crippen molar-refractivity contribution in [3.63, 3.8) is 0 Å². The van der Waals surface area contributed by atoms with Gasteiger partial charge in [-0.25, -0.2) is 17.9 Å². The third kappa shape index (κ3) is 4.55. The maximum absolute atomic E-state index is 12.9. The van der Waals surface area contributed by atoms with Crippen molar-refractivity contribution >= 4 is 49.8 Å². The summed E-state index contributed by atoms with van der Waals surface area (Å²) in [6.07, 6.45) is 3.02. The molecule has 1 unspecified atom stereocenters. The normalized spacial score (nSPS) is 17.7. The van der Waals surface area contributed by atoms with Crippen molar-refractivity contribution in [2.75, 3.05) is 26.7 Å². The van der Waals surface area contributed by atoms with Crippen LogP contribution < -0.4 is 10.0 Å². The molecular weight excluding hydrogens is 396 g/mol. The number of ether oxygens (including phenoxy) is 1. The smallest absolute Gasteiger partial charge is 0.349 e. The molecule has 0 amide bonds. The van der Waals surface area contributed by atoms with Gasteiger partial charge in [-0.1, -0.05) is 18.2 Å². The van der Waals surface area contributed by atoms with E-state index in [-0.39, 0.29) is 22.2 Å². The van der Waals surface area contributed by atoms with Crippen LogP contribution in [0, 0.1) is 5.92 Å². The summed E-state index contributed by atoms with van der Waals surface area (Å²) in [4.78, 5) is 12.2. The highest BCUT2D eigenvalue weighted by atomic mass is 35.5. The second-order valence-corrected chi connectivity index (χ2v) is 8.90. The number of thiophene rings is 1. The van der Waals surface area contributed by atoms with Crippen molar-refractivity contribution in [3.05, 3.63) is 29.1 Å². The lowest BCUT2D eigenvalue weighted by atomic mass is 9.96. The summed E-state index contributed by atoms with van der Waals surface area (Å²) in [5.74, 6) is -0.145. The summed E-state index contributed by atoms with van der Waals surface area (Å²) < 4.78 is 33.9. The van der Waals surface area contributed by atoms with Crippen LogP contribution >= 0.6 is 23.7 Å². The van der Waals surface area contributed by atoms with Crippen LogP contribution in [0.1, 0.15) is 28.9 Å². The molecule has 1 aliphatic heterocycles. The summed E-state index contributed by atoms with van der Waals surface area (Å²) in [5, 5.41) is 3.88. The van der Waals surface area contributed by atoms with Crippen LogP contribution in [-0.4, -0.2) is 41.1 Å². The summed E-state index contributed by atoms with van der Waals surface area (Å²) >= 11 is 1.14. The van der Waals surface area contributed by atoms with Crippen LogP contribution in [0.5, 0.6) is 0 Å². The minimum atomic E-state index is -3.79. The standard InChI is InChI=1S/C17H22N2O4S2.ClH/c1-23-17(20)15-16(13-6-2-3-7-14(13)24-15)25(21,22)19-10-8-12-5-4-9-18-11-12;/h2-3,6-7,12,18-19H,4-5,8-11H2,1H3;1H. The Morgan fingerprint density at radius 1 is 1.38 bits per heavy atom. The fourth-order valence-electron chi connectivity index (χ4n) is 3.16. The Balaban J connectivity index is 0.00000243. The Morgan fingerprint density at radius 2 is 2.15 bits per heavy atom. The average molecular weight is 419 g/mol. The number of nitrogens with one attached hydrogen (secondary N) is 2. The Labute approximate surface area is 163 Å². The summed E-state index contributed by atoms with van der Waals surface area (Å²) in [7, 11) is -2.53. The Bertz CT molecular complexity index is 861. The van der Waals surface area contributed by atoms with Crippen molar-refractivity contribution in [3.8, 4) is 0 Å². The van der Waals surface area contributed by atoms with Crippen molar-refractivity contribution in [1.82, 2.24) is 10.0 Å². The van der Waals surface area contributed by atoms with Crippen molar-refractivity contribution in [1.29, 1.82) is 0 Å². The number of hydrogen-bond acceptors (Lipinski definition) is 6. The lowest BCUT2D eigenvalue weighted by molar-refractivity contribution is 0.0602. The van der Waals surface area contributed by atoms with E-state index in [1.807, 2.05) is 6.07 Å². The number of halogens is 1. The van der Waals surface area contributed by atoms with Gasteiger partial charge in [0.05, 0.1) is 7.11 Å². The molecule has 144 valence electrons. The number of esters is 1. The fraction of sp³-hybridized carbons (Fsp3) is 0.471. The molecule has 0 bridgehead atoms. The number of fused-ring (bicyclic) bond motifs is 1. The molecule has 26 heavy (non-hydrogen) atoms. The molecule has 3 rings (SSSR count). The monoisotopic (exact) mass is 418 g/mol. The van der Waals surface area contributed by atoms with Gasteiger partial charge in [-0.05, 0) is 44.3 Å². The summed E-state index contributed by atoms with van der Waals surface area (Å²) in [5.41, 5.74) is 0. The van der Waals surface area contributed by atoms with Gasteiger partial charge >= 0.3 is 5.97 Å². The molecule has 1 atom stereocenters. The molecule has 1 aliphatic rings. The van der Waals surface area contributed by atoms with Crippen molar-refractivity contribution < 1.29 is 17.9 Å². The molecule has 2 heterocycles. The molecule has 1 saturated heterocycles. The second kappa shape index (κ2) is 9.14. The van der Waals surface area contributed by atoms with Gasteiger partial charge in [-0.3, -0.25) is 0 Å². The number of rotatable bonds is 6. The summed E-state index contributed by atoms with van der Waals surface area (Å²) in [6.45, 7) is 2.32. The lowest BCUT2D eigenvalue weighted by Gasteiger charge is -2.22. The Hall–Kier alpha value is -1.19. The highest BCUT2D eigenvalue weighted by Crippen LogP contribution is 2.35. The number of benzene rings is 1. The maximum atomic E-state index is 12.9. The van der Waals surface area contributed by atoms with Gasteiger partial charge in [0.2, 0.25) is 10.0 Å². The Morgan fingerprint density at radius 3 is 2.85 bits per heavy atom. The van der Waals surface area contributed by atoms with Gasteiger partial charge in [-0.15, -0.1) is 23.7 Å². The SMILES string of the molecule is COC(=O)c1sc2ccccc2c1S(=O)(=O)NCCC1CCCNC1.Cl. The second-order valence-electron chi connectivity index (χ2n) is 6.15. The Kier molecular flexibility index (Phi) is 7.42. The molecule has 6 nitrogen and oxygen atoms in total. The van der Waals surface area contributed by atoms with Crippen LogP contribution in [0.3, 0.4) is 0 Å². The molecule has 0 radical (unpaired) electrons. The minimum absolute atomic E-state index is 0. The zero-order valence-corrected chi connectivity index (χ0v) is 16.9. The third-order valence-electron chi connectivity index (χ3n) is 4.43. The van der Waals surface area contributed by atoms with Crippen LogP contribution in [0.15, 0.2) is 29.2 Å². The van der Waals surface area contributed by atoms with E-state index in [2.05, 4.69) is 10.0 Å². The van der Waals surface area contributed by atoms with E-state index in [1.54, 1.807) is 18.2 Å². The van der Waals surface area contributed by atoms with E-state index >= 15 is 0 Å². The van der Waals surface area contributed by atoms with Gasteiger partial charge in [0, 0.05) is 16.6 Å². The predicted molar refractivity (Wildman–Crippen MR) is 106 cm³/mol. The van der Waals surface area contributed by atoms with Gasteiger partial charge in [0.25, 0.3) is 0 Å². The number of sulfonamides is 1. The molecule has 2 N–H and O–H groups in total. The zero-order chi connectivity index (χ0) is 17.9. The van der Waals surface area contributed by atoms with E-state index < -0.39 is 16.0 Å². The summed E-state index contributed by atoms with van der Waals surface area (Å²) in [6, 6.07) is 7.11. The molecule has 0 saturated carbocycles. The van der Waals surface area contributed by atoms with E-state index in [9.17, 15) is 13.2 Å². The quantitative estimate of drug-likeness (QED) is 0.704. The molecule has 9 heteroatoms. The molecule has 0 aliphatic carbocycles. The van der Waals surface area contributed by atoms with Gasteiger partial charge in [0.1, 0.15) is 9.77 Å². The van der Waals surface area contributed by atoms with Crippen molar-refractivity contribution in [2.45, 2.75) is 24.2 Å². The van der Waals surface area contributed by atoms with Gasteiger partial charge in [0.15, 0.2) is 0 Å². The highest BCUT2D eigenvalue weighted by Gasteiger charge is 2.28. The van der Waals surface area contributed by atoms with Gasteiger partial charge in [-0.2, -0.15) is 0 Å². The number of carbonyl (C=O) groups is 1. The molecule has 1 aromatic carbocycles. The molecule has 1 aromatic heterocycles. The molecular formula is C17H23ClN2O4S2.